The van der Waals surface area contributed by atoms with E-state index in [9.17, 15) is 10.1 Å². The number of nitrogens with one attached hydrogen (secondary N) is 1. The third-order valence-corrected chi connectivity index (χ3v) is 2.30. The number of nitro groups is 1. The van der Waals surface area contributed by atoms with Gasteiger partial charge in [0, 0.05) is 6.07 Å². The van der Waals surface area contributed by atoms with Gasteiger partial charge in [-0.05, 0) is 18.5 Å². The van der Waals surface area contributed by atoms with Crippen LogP contribution >= 0.6 is 11.6 Å². The van der Waals surface area contributed by atoms with Gasteiger partial charge in [-0.15, -0.1) is 0 Å². The van der Waals surface area contributed by atoms with Crippen LogP contribution in [0.2, 0.25) is 5.28 Å². The van der Waals surface area contributed by atoms with E-state index in [1.807, 2.05) is 0 Å². The van der Waals surface area contributed by atoms with Crippen LogP contribution in [0.1, 0.15) is 11.5 Å². The molecule has 18 heavy (non-hydrogen) atoms. The molecule has 8 nitrogen and oxygen atoms in total. The number of aryl methyl sites for hydroxylation is 1. The molecule has 2 aromatic heterocycles. The number of halogens is 1. The van der Waals surface area contributed by atoms with Crippen LogP contribution in [0.25, 0.3) is 0 Å². The molecule has 0 aliphatic carbocycles. The van der Waals surface area contributed by atoms with Crippen LogP contribution in [0, 0.1) is 17.0 Å². The molecule has 0 aromatic carbocycles. The standard InChI is InChI=1S/C9H8ClN5O3/c1-5-7(15(16)17)8(14-9(10)13-5)11-4-6-2-3-12-18-6/h2-3H,4H2,1H3,(H,11,13,14). The van der Waals surface area contributed by atoms with Crippen LogP contribution in [0.15, 0.2) is 16.8 Å². The molecule has 0 aliphatic heterocycles. The summed E-state index contributed by atoms with van der Waals surface area (Å²) in [5.41, 5.74) is -0.0148. The smallest absolute Gasteiger partial charge is 0.332 e. The fourth-order valence-electron chi connectivity index (χ4n) is 1.38. The molecule has 0 radical (unpaired) electrons. The van der Waals surface area contributed by atoms with Crippen molar-refractivity contribution in [1.29, 1.82) is 0 Å². The molecule has 0 aliphatic rings. The Morgan fingerprint density at radius 2 is 2.33 bits per heavy atom. The van der Waals surface area contributed by atoms with Gasteiger partial charge in [0.1, 0.15) is 5.69 Å². The zero-order valence-electron chi connectivity index (χ0n) is 9.25. The van der Waals surface area contributed by atoms with Crippen LogP contribution in [-0.2, 0) is 6.54 Å². The number of nitrogens with zero attached hydrogens (tertiary/aromatic N) is 4. The molecule has 0 unspecified atom stereocenters. The second-order valence-electron chi connectivity index (χ2n) is 3.36. The minimum absolute atomic E-state index is 0.0499. The van der Waals surface area contributed by atoms with Crippen molar-refractivity contribution in [1.82, 2.24) is 15.1 Å². The number of aromatic nitrogens is 3. The van der Waals surface area contributed by atoms with E-state index in [0.717, 1.165) is 0 Å². The Morgan fingerprint density at radius 3 is 2.94 bits per heavy atom. The van der Waals surface area contributed by atoms with Crippen molar-refractivity contribution in [2.24, 2.45) is 0 Å². The Kier molecular flexibility index (Phi) is 3.38. The predicted molar refractivity (Wildman–Crippen MR) is 62.3 cm³/mol. The van der Waals surface area contributed by atoms with Gasteiger partial charge < -0.3 is 9.84 Å². The fourth-order valence-corrected chi connectivity index (χ4v) is 1.59. The van der Waals surface area contributed by atoms with Crippen molar-refractivity contribution in [2.75, 3.05) is 5.32 Å². The summed E-state index contributed by atoms with van der Waals surface area (Å²) in [7, 11) is 0. The molecule has 2 aromatic rings. The topological polar surface area (TPSA) is 107 Å². The van der Waals surface area contributed by atoms with E-state index < -0.39 is 4.92 Å². The molecular weight excluding hydrogens is 262 g/mol. The van der Waals surface area contributed by atoms with Gasteiger partial charge in [-0.3, -0.25) is 10.1 Å². The summed E-state index contributed by atoms with van der Waals surface area (Å²) < 4.78 is 4.86. The van der Waals surface area contributed by atoms with Crippen LogP contribution in [-0.4, -0.2) is 20.0 Å². The fraction of sp³-hybridized carbons (Fsp3) is 0.222. The summed E-state index contributed by atoms with van der Waals surface area (Å²) in [5, 5.41) is 17.2. The van der Waals surface area contributed by atoms with Gasteiger partial charge in [0.25, 0.3) is 0 Å². The number of anilines is 1. The van der Waals surface area contributed by atoms with E-state index in [2.05, 4.69) is 20.4 Å². The monoisotopic (exact) mass is 269 g/mol. The maximum absolute atomic E-state index is 10.9. The molecule has 2 rings (SSSR count). The maximum Gasteiger partial charge on any atom is 0.332 e. The second-order valence-corrected chi connectivity index (χ2v) is 3.70. The van der Waals surface area contributed by atoms with Gasteiger partial charge in [-0.2, -0.15) is 4.98 Å². The van der Waals surface area contributed by atoms with Gasteiger partial charge in [0.15, 0.2) is 5.76 Å². The summed E-state index contributed by atoms with van der Waals surface area (Å²) in [6.45, 7) is 1.71. The first-order chi connectivity index (χ1) is 8.58. The molecule has 9 heteroatoms. The summed E-state index contributed by atoms with van der Waals surface area (Å²) in [6.07, 6.45) is 1.48. The average molecular weight is 270 g/mol. The Morgan fingerprint density at radius 1 is 1.56 bits per heavy atom. The molecule has 0 bridgehead atoms. The molecule has 94 valence electrons. The van der Waals surface area contributed by atoms with Crippen LogP contribution in [0.4, 0.5) is 11.5 Å². The molecule has 0 amide bonds. The minimum Gasteiger partial charge on any atom is -0.360 e. The van der Waals surface area contributed by atoms with Crippen LogP contribution in [0.3, 0.4) is 0 Å². The lowest BCUT2D eigenvalue weighted by molar-refractivity contribution is -0.385. The molecule has 2 heterocycles. The summed E-state index contributed by atoms with van der Waals surface area (Å²) in [5.74, 6) is 0.575. The molecule has 0 atom stereocenters. The Balaban J connectivity index is 2.28. The van der Waals surface area contributed by atoms with E-state index in [0.29, 0.717) is 5.76 Å². The van der Waals surface area contributed by atoms with E-state index in [1.165, 1.54) is 13.1 Å². The quantitative estimate of drug-likeness (QED) is 0.513. The van der Waals surface area contributed by atoms with Crippen molar-refractivity contribution in [2.45, 2.75) is 13.5 Å². The van der Waals surface area contributed by atoms with E-state index in [1.54, 1.807) is 6.07 Å². The van der Waals surface area contributed by atoms with Crippen molar-refractivity contribution in [3.63, 3.8) is 0 Å². The number of hydrogen-bond donors (Lipinski definition) is 1. The Bertz CT molecular complexity index is 572. The molecule has 0 saturated heterocycles. The second kappa shape index (κ2) is 4.96. The zero-order chi connectivity index (χ0) is 13.1. The lowest BCUT2D eigenvalue weighted by atomic mass is 10.3. The summed E-state index contributed by atoms with van der Waals surface area (Å²) in [6, 6.07) is 1.63. The first-order valence-corrected chi connectivity index (χ1v) is 5.27. The lowest BCUT2D eigenvalue weighted by Gasteiger charge is -2.05. The van der Waals surface area contributed by atoms with Gasteiger partial charge in [0.2, 0.25) is 11.1 Å². The van der Waals surface area contributed by atoms with Gasteiger partial charge in [0.05, 0.1) is 17.7 Å². The van der Waals surface area contributed by atoms with Crippen molar-refractivity contribution < 1.29 is 9.45 Å². The molecular formula is C9H8ClN5O3. The highest BCUT2D eigenvalue weighted by atomic mass is 35.5. The first-order valence-electron chi connectivity index (χ1n) is 4.90. The normalized spacial score (nSPS) is 10.3. The summed E-state index contributed by atoms with van der Waals surface area (Å²) >= 11 is 5.67. The van der Waals surface area contributed by atoms with Crippen molar-refractivity contribution >= 4 is 23.1 Å². The summed E-state index contributed by atoms with van der Waals surface area (Å²) in [4.78, 5) is 17.9. The third-order valence-electron chi connectivity index (χ3n) is 2.13. The average Bonchev–Trinajstić information content (AvgIpc) is 2.77. The molecule has 0 fully saturated rings. The SMILES string of the molecule is Cc1nc(Cl)nc(NCc2ccno2)c1[N+](=O)[O-]. The molecule has 1 N–H and O–H groups in total. The van der Waals surface area contributed by atoms with E-state index in [-0.39, 0.29) is 29.0 Å². The highest BCUT2D eigenvalue weighted by molar-refractivity contribution is 6.28. The predicted octanol–water partition coefficient (Wildman–Crippen LogP) is 1.95. The number of hydrogen-bond acceptors (Lipinski definition) is 7. The molecule has 0 saturated carbocycles. The van der Waals surface area contributed by atoms with Crippen molar-refractivity contribution in [3.8, 4) is 0 Å². The Hall–Kier alpha value is -2.22. The van der Waals surface area contributed by atoms with Crippen LogP contribution < -0.4 is 5.32 Å². The lowest BCUT2D eigenvalue weighted by Crippen LogP contribution is -2.07. The minimum atomic E-state index is -0.561. The number of rotatable bonds is 4. The highest BCUT2D eigenvalue weighted by Crippen LogP contribution is 2.26. The maximum atomic E-state index is 10.9. The van der Waals surface area contributed by atoms with E-state index >= 15 is 0 Å². The van der Waals surface area contributed by atoms with Gasteiger partial charge >= 0.3 is 5.69 Å². The van der Waals surface area contributed by atoms with Gasteiger partial charge in [-0.1, -0.05) is 5.16 Å². The largest absolute Gasteiger partial charge is 0.360 e. The Labute approximate surface area is 106 Å². The first kappa shape index (κ1) is 12.2. The van der Waals surface area contributed by atoms with Gasteiger partial charge in [-0.25, -0.2) is 4.98 Å². The molecule has 0 spiro atoms. The van der Waals surface area contributed by atoms with Crippen LogP contribution in [0.5, 0.6) is 0 Å². The third kappa shape index (κ3) is 2.54. The highest BCUT2D eigenvalue weighted by Gasteiger charge is 2.21. The zero-order valence-corrected chi connectivity index (χ0v) is 10.0. The van der Waals surface area contributed by atoms with Crippen molar-refractivity contribution in [3.05, 3.63) is 39.1 Å². The van der Waals surface area contributed by atoms with E-state index in [4.69, 9.17) is 16.1 Å².